The van der Waals surface area contributed by atoms with Gasteiger partial charge in [-0.15, -0.1) is 12.4 Å². The molecule has 2 N–H and O–H groups in total. The number of aromatic nitrogens is 2. The second-order valence-electron chi connectivity index (χ2n) is 4.73. The summed E-state index contributed by atoms with van der Waals surface area (Å²) < 4.78 is 5.13. The molecule has 1 aliphatic rings. The summed E-state index contributed by atoms with van der Waals surface area (Å²) in [6, 6.07) is 0.271. The highest BCUT2D eigenvalue weighted by Gasteiger charge is 2.23. The molecule has 0 saturated carbocycles. The van der Waals surface area contributed by atoms with Crippen LogP contribution < -0.4 is 5.73 Å². The van der Waals surface area contributed by atoms with E-state index in [0.29, 0.717) is 17.6 Å². The van der Waals surface area contributed by atoms with E-state index in [2.05, 4.69) is 22.0 Å². The third kappa shape index (κ3) is 3.94. The fraction of sp³-hybridized carbons (Fsp3) is 0.818. The predicted molar refractivity (Wildman–Crippen MR) is 67.9 cm³/mol. The number of piperidine rings is 1. The van der Waals surface area contributed by atoms with E-state index >= 15 is 0 Å². The van der Waals surface area contributed by atoms with Gasteiger partial charge in [-0.3, -0.25) is 4.90 Å². The number of likely N-dealkylation sites (tertiary alicyclic amines) is 1. The van der Waals surface area contributed by atoms with E-state index in [1.54, 1.807) is 0 Å². The van der Waals surface area contributed by atoms with Crippen molar-refractivity contribution >= 4 is 12.4 Å². The van der Waals surface area contributed by atoms with Crippen molar-refractivity contribution < 1.29 is 4.52 Å². The molecular weight excluding hydrogens is 240 g/mol. The Balaban J connectivity index is 0.00000144. The second kappa shape index (κ2) is 6.33. The highest BCUT2D eigenvalue weighted by molar-refractivity contribution is 5.85. The van der Waals surface area contributed by atoms with E-state index in [1.807, 2.05) is 6.92 Å². The molecular formula is C11H21ClN4O. The van der Waals surface area contributed by atoms with Gasteiger partial charge >= 0.3 is 0 Å². The molecule has 2 unspecified atom stereocenters. The van der Waals surface area contributed by atoms with Gasteiger partial charge in [0.15, 0.2) is 5.82 Å². The van der Waals surface area contributed by atoms with Crippen LogP contribution in [0.4, 0.5) is 0 Å². The zero-order chi connectivity index (χ0) is 11.5. The molecule has 6 heteroatoms. The van der Waals surface area contributed by atoms with Crippen LogP contribution in [0.3, 0.4) is 0 Å². The lowest BCUT2D eigenvalue weighted by atomic mass is 9.92. The minimum absolute atomic E-state index is 0. The number of hydrogen-bond acceptors (Lipinski definition) is 5. The Morgan fingerprint density at radius 1 is 1.59 bits per heavy atom. The number of aryl methyl sites for hydroxylation is 1. The van der Waals surface area contributed by atoms with E-state index in [1.165, 1.54) is 12.8 Å². The molecule has 1 aliphatic heterocycles. The van der Waals surface area contributed by atoms with E-state index in [9.17, 15) is 0 Å². The zero-order valence-electron chi connectivity index (χ0n) is 10.4. The number of hydrogen-bond donors (Lipinski definition) is 1. The molecule has 2 heterocycles. The third-order valence-electron chi connectivity index (χ3n) is 3.21. The minimum Gasteiger partial charge on any atom is -0.338 e. The van der Waals surface area contributed by atoms with Crippen molar-refractivity contribution in [2.75, 3.05) is 13.1 Å². The van der Waals surface area contributed by atoms with Crippen LogP contribution in [0.25, 0.3) is 0 Å². The number of nitrogens with zero attached hydrogens (tertiary/aromatic N) is 3. The summed E-state index contributed by atoms with van der Waals surface area (Å²) in [4.78, 5) is 6.58. The lowest BCUT2D eigenvalue weighted by Crippen LogP contribution is -2.41. The standard InChI is InChI=1S/C11H20N4O.ClH/c1-8(12)10-4-3-5-15(6-10)7-11-13-9(2)14-16-11;/h8,10H,3-7,12H2,1-2H3;1H. The maximum absolute atomic E-state index is 5.95. The van der Waals surface area contributed by atoms with Crippen molar-refractivity contribution in [1.29, 1.82) is 0 Å². The molecule has 98 valence electrons. The smallest absolute Gasteiger partial charge is 0.240 e. The van der Waals surface area contributed by atoms with Crippen molar-refractivity contribution in [2.24, 2.45) is 11.7 Å². The first-order valence-corrected chi connectivity index (χ1v) is 5.92. The quantitative estimate of drug-likeness (QED) is 0.889. The monoisotopic (exact) mass is 260 g/mol. The fourth-order valence-electron chi connectivity index (χ4n) is 2.26. The maximum atomic E-state index is 5.95. The van der Waals surface area contributed by atoms with Gasteiger partial charge in [-0.25, -0.2) is 0 Å². The predicted octanol–water partition coefficient (Wildman–Crippen LogP) is 1.36. The molecule has 2 atom stereocenters. The largest absolute Gasteiger partial charge is 0.338 e. The van der Waals surface area contributed by atoms with Crippen molar-refractivity contribution in [3.8, 4) is 0 Å². The van der Waals surface area contributed by atoms with Gasteiger partial charge in [0, 0.05) is 12.6 Å². The van der Waals surface area contributed by atoms with Crippen molar-refractivity contribution in [3.05, 3.63) is 11.7 Å². The molecule has 2 rings (SSSR count). The second-order valence-corrected chi connectivity index (χ2v) is 4.73. The highest BCUT2D eigenvalue weighted by atomic mass is 35.5. The van der Waals surface area contributed by atoms with Gasteiger partial charge < -0.3 is 10.3 Å². The Morgan fingerprint density at radius 2 is 2.35 bits per heavy atom. The summed E-state index contributed by atoms with van der Waals surface area (Å²) in [5, 5.41) is 3.80. The Bertz CT molecular complexity index is 342. The number of halogens is 1. The number of rotatable bonds is 3. The van der Waals surface area contributed by atoms with Crippen LogP contribution in [0, 0.1) is 12.8 Å². The summed E-state index contributed by atoms with van der Waals surface area (Å²) in [5.41, 5.74) is 5.95. The molecule has 0 bridgehead atoms. The van der Waals surface area contributed by atoms with Crippen LogP contribution >= 0.6 is 12.4 Å². The molecule has 0 radical (unpaired) electrons. The molecule has 0 aromatic carbocycles. The summed E-state index contributed by atoms with van der Waals surface area (Å²) >= 11 is 0. The van der Waals surface area contributed by atoms with Crippen LogP contribution in [0.1, 0.15) is 31.5 Å². The molecule has 1 saturated heterocycles. The van der Waals surface area contributed by atoms with Crippen LogP contribution in [0.15, 0.2) is 4.52 Å². The number of nitrogens with two attached hydrogens (primary N) is 1. The van der Waals surface area contributed by atoms with E-state index in [4.69, 9.17) is 10.3 Å². The fourth-order valence-corrected chi connectivity index (χ4v) is 2.26. The first kappa shape index (κ1) is 14.4. The van der Waals surface area contributed by atoms with Gasteiger partial charge in [-0.1, -0.05) is 5.16 Å². The SMILES string of the molecule is Cc1noc(CN2CCCC(C(C)N)C2)n1.Cl. The van der Waals surface area contributed by atoms with Gasteiger partial charge in [-0.2, -0.15) is 4.98 Å². The Kier molecular flexibility index (Phi) is 5.36. The first-order valence-electron chi connectivity index (χ1n) is 5.92. The molecule has 1 fully saturated rings. The zero-order valence-corrected chi connectivity index (χ0v) is 11.2. The van der Waals surface area contributed by atoms with Gasteiger partial charge in [0.2, 0.25) is 5.89 Å². The Morgan fingerprint density at radius 3 is 2.94 bits per heavy atom. The molecule has 1 aromatic heterocycles. The lowest BCUT2D eigenvalue weighted by molar-refractivity contribution is 0.139. The molecule has 0 amide bonds. The lowest BCUT2D eigenvalue weighted by Gasteiger charge is -2.33. The summed E-state index contributed by atoms with van der Waals surface area (Å²) in [7, 11) is 0. The van der Waals surface area contributed by atoms with Crippen LogP contribution in [-0.2, 0) is 6.54 Å². The maximum Gasteiger partial charge on any atom is 0.240 e. The van der Waals surface area contributed by atoms with Gasteiger partial charge in [0.25, 0.3) is 0 Å². The topological polar surface area (TPSA) is 68.2 Å². The highest BCUT2D eigenvalue weighted by Crippen LogP contribution is 2.19. The Labute approximate surface area is 108 Å². The van der Waals surface area contributed by atoms with E-state index in [0.717, 1.165) is 19.6 Å². The third-order valence-corrected chi connectivity index (χ3v) is 3.21. The van der Waals surface area contributed by atoms with Crippen LogP contribution in [0.2, 0.25) is 0 Å². The van der Waals surface area contributed by atoms with Crippen LogP contribution in [0.5, 0.6) is 0 Å². The van der Waals surface area contributed by atoms with E-state index < -0.39 is 0 Å². The van der Waals surface area contributed by atoms with Crippen LogP contribution in [-0.4, -0.2) is 34.2 Å². The van der Waals surface area contributed by atoms with E-state index in [-0.39, 0.29) is 18.4 Å². The average Bonchev–Trinajstić information content (AvgIpc) is 2.64. The molecule has 0 spiro atoms. The summed E-state index contributed by atoms with van der Waals surface area (Å²) in [6.07, 6.45) is 2.44. The Hall–Kier alpha value is -0.650. The summed E-state index contributed by atoms with van der Waals surface area (Å²) in [5.74, 6) is 2.01. The van der Waals surface area contributed by atoms with Crippen molar-refractivity contribution in [2.45, 2.75) is 39.3 Å². The first-order chi connectivity index (χ1) is 7.65. The normalized spacial score (nSPS) is 23.1. The molecule has 0 aliphatic carbocycles. The molecule has 5 nitrogen and oxygen atoms in total. The summed E-state index contributed by atoms with van der Waals surface area (Å²) in [6.45, 7) is 6.83. The minimum atomic E-state index is 0. The van der Waals surface area contributed by atoms with Gasteiger partial charge in [0.05, 0.1) is 6.54 Å². The average molecular weight is 261 g/mol. The van der Waals surface area contributed by atoms with Crippen molar-refractivity contribution in [1.82, 2.24) is 15.0 Å². The van der Waals surface area contributed by atoms with Gasteiger partial charge in [-0.05, 0) is 39.2 Å². The molecule has 17 heavy (non-hydrogen) atoms. The van der Waals surface area contributed by atoms with Crippen molar-refractivity contribution in [3.63, 3.8) is 0 Å². The molecule has 1 aromatic rings. The van der Waals surface area contributed by atoms with Gasteiger partial charge in [0.1, 0.15) is 0 Å².